The number of fused-ring (bicyclic) bond motifs is 1. The maximum atomic E-state index is 13.7. The summed E-state index contributed by atoms with van der Waals surface area (Å²) in [6.07, 6.45) is 1.07. The average Bonchev–Trinajstić information content (AvgIpc) is 2.55. The van der Waals surface area contributed by atoms with Crippen molar-refractivity contribution in [1.29, 1.82) is 0 Å². The molecule has 0 spiro atoms. The van der Waals surface area contributed by atoms with Gasteiger partial charge in [0.25, 0.3) is 0 Å². The van der Waals surface area contributed by atoms with Gasteiger partial charge in [-0.3, -0.25) is 4.57 Å². The molecule has 0 fully saturated rings. The quantitative estimate of drug-likeness (QED) is 0.706. The molecule has 0 aliphatic carbocycles. The van der Waals surface area contributed by atoms with Gasteiger partial charge in [0.2, 0.25) is 0 Å². The molecule has 0 amide bonds. The summed E-state index contributed by atoms with van der Waals surface area (Å²) in [5.41, 5.74) is 0.433. The first-order valence-electron chi connectivity index (χ1n) is 5.89. The SMILES string of the molecule is Cc1cc2c(Br)cn(C(=O)OC(C)(C)C)c2cc1F. The molecule has 0 aliphatic heterocycles. The highest BCUT2D eigenvalue weighted by atomic mass is 79.9. The van der Waals surface area contributed by atoms with Gasteiger partial charge in [-0.05, 0) is 61.3 Å². The topological polar surface area (TPSA) is 31.2 Å². The first-order valence-corrected chi connectivity index (χ1v) is 6.68. The largest absolute Gasteiger partial charge is 0.443 e. The van der Waals surface area contributed by atoms with Crippen molar-refractivity contribution in [2.24, 2.45) is 0 Å². The van der Waals surface area contributed by atoms with E-state index in [1.807, 2.05) is 0 Å². The van der Waals surface area contributed by atoms with E-state index in [0.29, 0.717) is 11.1 Å². The Bertz CT molecular complexity index is 655. The third-order valence-electron chi connectivity index (χ3n) is 2.63. The van der Waals surface area contributed by atoms with E-state index in [1.54, 1.807) is 40.0 Å². The minimum Gasteiger partial charge on any atom is -0.443 e. The standard InChI is InChI=1S/C14H15BrFNO2/c1-8-5-9-10(15)7-17(12(9)6-11(8)16)13(18)19-14(2,3)4/h5-7H,1-4H3. The molecule has 2 aromatic rings. The Morgan fingerprint density at radius 1 is 1.37 bits per heavy atom. The Morgan fingerprint density at radius 3 is 2.58 bits per heavy atom. The number of hydrogen-bond acceptors (Lipinski definition) is 2. The molecule has 3 nitrogen and oxygen atoms in total. The molecule has 0 saturated carbocycles. The second-order valence-electron chi connectivity index (χ2n) is 5.45. The normalized spacial score (nSPS) is 11.9. The van der Waals surface area contributed by atoms with Crippen LogP contribution in [0.25, 0.3) is 10.9 Å². The van der Waals surface area contributed by atoms with E-state index in [2.05, 4.69) is 15.9 Å². The number of aryl methyl sites for hydroxylation is 1. The molecule has 1 aromatic carbocycles. The smallest absolute Gasteiger partial charge is 0.419 e. The fourth-order valence-corrected chi connectivity index (χ4v) is 2.30. The molecular weight excluding hydrogens is 313 g/mol. The lowest BCUT2D eigenvalue weighted by molar-refractivity contribution is 0.0544. The number of benzene rings is 1. The molecule has 102 valence electrons. The molecule has 1 heterocycles. The average molecular weight is 328 g/mol. The van der Waals surface area contributed by atoms with Crippen LogP contribution in [0.3, 0.4) is 0 Å². The molecular formula is C14H15BrFNO2. The van der Waals surface area contributed by atoms with Gasteiger partial charge in [0.05, 0.1) is 5.52 Å². The number of aromatic nitrogens is 1. The molecule has 5 heteroatoms. The second kappa shape index (κ2) is 4.63. The predicted molar refractivity (Wildman–Crippen MR) is 76.0 cm³/mol. The number of carbonyl (C=O) groups excluding carboxylic acids is 1. The zero-order valence-corrected chi connectivity index (χ0v) is 12.8. The van der Waals surface area contributed by atoms with E-state index in [1.165, 1.54) is 10.6 Å². The number of halogens is 2. The maximum absolute atomic E-state index is 13.7. The third kappa shape index (κ3) is 2.81. The molecule has 1 aromatic heterocycles. The summed E-state index contributed by atoms with van der Waals surface area (Å²) in [6, 6.07) is 3.05. The molecule has 0 aliphatic rings. The van der Waals surface area contributed by atoms with E-state index in [-0.39, 0.29) is 5.82 Å². The van der Waals surface area contributed by atoms with Gasteiger partial charge in [0, 0.05) is 16.1 Å². The van der Waals surface area contributed by atoms with Crippen LogP contribution in [0.5, 0.6) is 0 Å². The fourth-order valence-electron chi connectivity index (χ4n) is 1.78. The number of carbonyl (C=O) groups is 1. The van der Waals surface area contributed by atoms with Crippen LogP contribution in [0, 0.1) is 12.7 Å². The van der Waals surface area contributed by atoms with Gasteiger partial charge in [-0.2, -0.15) is 0 Å². The summed E-state index contributed by atoms with van der Waals surface area (Å²) in [7, 11) is 0. The van der Waals surface area contributed by atoms with E-state index in [9.17, 15) is 9.18 Å². The second-order valence-corrected chi connectivity index (χ2v) is 6.30. The first kappa shape index (κ1) is 14.1. The van der Waals surface area contributed by atoms with E-state index in [0.717, 1.165) is 9.86 Å². The number of rotatable bonds is 0. The van der Waals surface area contributed by atoms with Gasteiger partial charge < -0.3 is 4.74 Å². The Hall–Kier alpha value is -1.36. The predicted octanol–water partition coefficient (Wildman–Crippen LogP) is 4.63. The van der Waals surface area contributed by atoms with Crippen LogP contribution in [0.2, 0.25) is 0 Å². The van der Waals surface area contributed by atoms with Crippen LogP contribution in [0.4, 0.5) is 9.18 Å². The highest BCUT2D eigenvalue weighted by Crippen LogP contribution is 2.29. The summed E-state index contributed by atoms with van der Waals surface area (Å²) < 4.78 is 21.0. The molecule has 0 unspecified atom stereocenters. The lowest BCUT2D eigenvalue weighted by Crippen LogP contribution is -2.26. The van der Waals surface area contributed by atoms with Crippen LogP contribution in [-0.4, -0.2) is 16.3 Å². The molecule has 0 N–H and O–H groups in total. The van der Waals surface area contributed by atoms with Crippen LogP contribution in [-0.2, 0) is 4.74 Å². The van der Waals surface area contributed by atoms with Gasteiger partial charge in [0.15, 0.2) is 0 Å². The minimum atomic E-state index is -0.594. The summed E-state index contributed by atoms with van der Waals surface area (Å²) in [4.78, 5) is 12.1. The van der Waals surface area contributed by atoms with Gasteiger partial charge in [-0.15, -0.1) is 0 Å². The van der Waals surface area contributed by atoms with Crippen LogP contribution >= 0.6 is 15.9 Å². The summed E-state index contributed by atoms with van der Waals surface area (Å²) >= 11 is 3.37. The van der Waals surface area contributed by atoms with Crippen LogP contribution in [0.1, 0.15) is 26.3 Å². The minimum absolute atomic E-state index is 0.345. The van der Waals surface area contributed by atoms with E-state index >= 15 is 0 Å². The Labute approximate surface area is 119 Å². The molecule has 0 radical (unpaired) electrons. The fraction of sp³-hybridized carbons (Fsp3) is 0.357. The molecule has 0 saturated heterocycles. The Morgan fingerprint density at radius 2 is 2.00 bits per heavy atom. The maximum Gasteiger partial charge on any atom is 0.419 e. The van der Waals surface area contributed by atoms with Crippen molar-refractivity contribution in [3.63, 3.8) is 0 Å². The zero-order chi connectivity index (χ0) is 14.4. The monoisotopic (exact) mass is 327 g/mol. The first-order chi connectivity index (χ1) is 8.69. The van der Waals surface area contributed by atoms with Gasteiger partial charge >= 0.3 is 6.09 Å². The lowest BCUT2D eigenvalue weighted by atomic mass is 10.2. The highest BCUT2D eigenvalue weighted by Gasteiger charge is 2.20. The van der Waals surface area contributed by atoms with Crippen molar-refractivity contribution < 1.29 is 13.9 Å². The van der Waals surface area contributed by atoms with Gasteiger partial charge in [-0.1, -0.05) is 0 Å². The molecule has 0 atom stereocenters. The summed E-state index contributed by atoms with van der Waals surface area (Å²) in [5, 5.41) is 0.782. The van der Waals surface area contributed by atoms with Crippen molar-refractivity contribution in [2.75, 3.05) is 0 Å². The van der Waals surface area contributed by atoms with E-state index < -0.39 is 11.7 Å². The number of hydrogen-bond donors (Lipinski definition) is 0. The van der Waals surface area contributed by atoms with Gasteiger partial charge in [-0.25, -0.2) is 9.18 Å². The zero-order valence-electron chi connectivity index (χ0n) is 11.3. The number of nitrogens with zero attached hydrogens (tertiary/aromatic N) is 1. The molecule has 19 heavy (non-hydrogen) atoms. The highest BCUT2D eigenvalue weighted by molar-refractivity contribution is 9.10. The summed E-state index contributed by atoms with van der Waals surface area (Å²) in [6.45, 7) is 7.05. The van der Waals surface area contributed by atoms with Gasteiger partial charge in [0.1, 0.15) is 11.4 Å². The third-order valence-corrected chi connectivity index (χ3v) is 3.26. The van der Waals surface area contributed by atoms with Crippen molar-refractivity contribution in [3.05, 3.63) is 34.2 Å². The van der Waals surface area contributed by atoms with Crippen molar-refractivity contribution in [1.82, 2.24) is 4.57 Å². The Kier molecular flexibility index (Phi) is 3.43. The van der Waals surface area contributed by atoms with Crippen LogP contribution < -0.4 is 0 Å². The van der Waals surface area contributed by atoms with Crippen molar-refractivity contribution in [2.45, 2.75) is 33.3 Å². The van der Waals surface area contributed by atoms with Crippen LogP contribution in [0.15, 0.2) is 22.8 Å². The van der Waals surface area contributed by atoms with Crippen molar-refractivity contribution >= 4 is 32.9 Å². The lowest BCUT2D eigenvalue weighted by Gasteiger charge is -2.19. The molecule has 2 rings (SSSR count). The number of ether oxygens (including phenoxy) is 1. The Balaban J connectivity index is 2.56. The van der Waals surface area contributed by atoms with Crippen molar-refractivity contribution in [3.8, 4) is 0 Å². The van der Waals surface area contributed by atoms with E-state index in [4.69, 9.17) is 4.74 Å². The molecule has 0 bridgehead atoms. The summed E-state index contributed by atoms with van der Waals surface area (Å²) in [5.74, 6) is -0.345.